The number of benzene rings is 2. The molecule has 4 aromatic rings. The van der Waals surface area contributed by atoms with Crippen molar-refractivity contribution < 1.29 is 9.53 Å². The van der Waals surface area contributed by atoms with Gasteiger partial charge in [0, 0.05) is 37.9 Å². The van der Waals surface area contributed by atoms with Crippen molar-refractivity contribution in [2.45, 2.75) is 19.4 Å². The Balaban J connectivity index is 1.27. The predicted octanol–water partition coefficient (Wildman–Crippen LogP) is 4.28. The summed E-state index contributed by atoms with van der Waals surface area (Å²) in [6, 6.07) is 19.9. The fraction of sp³-hybridized carbons (Fsp3) is 0.231. The van der Waals surface area contributed by atoms with Crippen LogP contribution >= 0.6 is 0 Å². The smallest absolute Gasteiger partial charge is 0.225 e. The lowest BCUT2D eigenvalue weighted by Crippen LogP contribution is -2.34. The Morgan fingerprint density at radius 3 is 2.72 bits per heavy atom. The zero-order valence-electron chi connectivity index (χ0n) is 18.0. The second-order valence-corrected chi connectivity index (χ2v) is 8.25. The number of pyridine rings is 1. The van der Waals surface area contributed by atoms with E-state index < -0.39 is 0 Å². The average Bonchev–Trinajstić information content (AvgIpc) is 3.47. The van der Waals surface area contributed by atoms with E-state index in [2.05, 4.69) is 32.7 Å². The third-order valence-electron chi connectivity index (χ3n) is 6.13. The molecule has 1 fully saturated rings. The van der Waals surface area contributed by atoms with Crippen LogP contribution in [0, 0.1) is 12.8 Å². The Labute approximate surface area is 187 Å². The number of nitrogens with zero attached hydrogens (tertiary/aromatic N) is 1. The topological polar surface area (TPSA) is 79.0 Å². The molecule has 3 N–H and O–H groups in total. The van der Waals surface area contributed by atoms with E-state index in [0.29, 0.717) is 13.1 Å². The summed E-state index contributed by atoms with van der Waals surface area (Å²) in [6.07, 6.45) is 3.68. The molecule has 1 aliphatic rings. The Bertz CT molecular complexity index is 1220. The van der Waals surface area contributed by atoms with Gasteiger partial charge in [0.25, 0.3) is 0 Å². The molecule has 6 nitrogen and oxygen atoms in total. The average molecular weight is 427 g/mol. The first-order chi connectivity index (χ1) is 15.7. The van der Waals surface area contributed by atoms with Crippen LogP contribution in [0.4, 0.5) is 0 Å². The molecule has 0 unspecified atom stereocenters. The van der Waals surface area contributed by atoms with Crippen LogP contribution in [0.5, 0.6) is 11.5 Å². The van der Waals surface area contributed by atoms with Gasteiger partial charge in [0.1, 0.15) is 17.1 Å². The van der Waals surface area contributed by atoms with Crippen LogP contribution < -0.4 is 15.4 Å². The van der Waals surface area contributed by atoms with E-state index in [4.69, 9.17) is 4.74 Å². The number of hydrogen-bond donors (Lipinski definition) is 3. The number of nitrogens with one attached hydrogen (secondary N) is 3. The molecule has 2 atom stereocenters. The van der Waals surface area contributed by atoms with E-state index >= 15 is 0 Å². The van der Waals surface area contributed by atoms with Gasteiger partial charge >= 0.3 is 0 Å². The number of aryl methyl sites for hydroxylation is 1. The van der Waals surface area contributed by atoms with Crippen LogP contribution in [0.15, 0.2) is 73.1 Å². The van der Waals surface area contributed by atoms with Crippen molar-refractivity contribution in [1.29, 1.82) is 0 Å². The van der Waals surface area contributed by atoms with E-state index in [1.165, 1.54) is 0 Å². The Kier molecular flexibility index (Phi) is 5.60. The minimum Gasteiger partial charge on any atom is -0.457 e. The van der Waals surface area contributed by atoms with Gasteiger partial charge in [0.05, 0.1) is 11.3 Å². The van der Waals surface area contributed by atoms with E-state index in [-0.39, 0.29) is 17.7 Å². The number of ether oxygens (including phenoxy) is 1. The van der Waals surface area contributed by atoms with Crippen LogP contribution in [0.25, 0.3) is 11.0 Å². The predicted molar refractivity (Wildman–Crippen MR) is 125 cm³/mol. The van der Waals surface area contributed by atoms with E-state index in [9.17, 15) is 4.79 Å². The molecule has 0 aliphatic carbocycles. The van der Waals surface area contributed by atoms with Crippen LogP contribution in [0.2, 0.25) is 0 Å². The fourth-order valence-corrected chi connectivity index (χ4v) is 4.40. The molecule has 0 saturated carbocycles. The van der Waals surface area contributed by atoms with Gasteiger partial charge in [0.2, 0.25) is 5.91 Å². The van der Waals surface area contributed by atoms with Crippen molar-refractivity contribution in [3.05, 3.63) is 89.7 Å². The summed E-state index contributed by atoms with van der Waals surface area (Å²) < 4.78 is 6.16. The number of fused-ring (bicyclic) bond motifs is 1. The molecule has 5 rings (SSSR count). The number of carbonyl (C=O) groups is 1. The lowest BCUT2D eigenvalue weighted by Gasteiger charge is -2.19. The van der Waals surface area contributed by atoms with Gasteiger partial charge in [-0.05, 0) is 41.8 Å². The van der Waals surface area contributed by atoms with Crippen LogP contribution in [-0.4, -0.2) is 29.0 Å². The molecule has 1 amide bonds. The number of amides is 1. The first kappa shape index (κ1) is 20.3. The molecular formula is C26H26N4O2. The molecule has 0 bridgehead atoms. The summed E-state index contributed by atoms with van der Waals surface area (Å²) in [5.41, 5.74) is 4.16. The standard InChI is InChI=1S/C26H26N4O2/c1-17-13-29-25-24(17)23(11-12-28-25)32-20-9-7-19(8-10-20)21-15-27-16-22(21)26(31)30-14-18-5-3-2-4-6-18/h2-13,21-22,27H,14-16H2,1H3,(H,28,29)(H,30,31)/t21-,22+/m1/s1. The molecule has 3 heterocycles. The summed E-state index contributed by atoms with van der Waals surface area (Å²) in [7, 11) is 0. The van der Waals surface area contributed by atoms with Gasteiger partial charge in [-0.15, -0.1) is 0 Å². The van der Waals surface area contributed by atoms with Crippen LogP contribution in [-0.2, 0) is 11.3 Å². The summed E-state index contributed by atoms with van der Waals surface area (Å²) in [5, 5.41) is 7.46. The number of aromatic amines is 1. The first-order valence-electron chi connectivity index (χ1n) is 10.9. The number of aromatic nitrogens is 2. The van der Waals surface area contributed by atoms with Gasteiger partial charge in [-0.25, -0.2) is 4.98 Å². The zero-order chi connectivity index (χ0) is 21.9. The quantitative estimate of drug-likeness (QED) is 0.430. The highest BCUT2D eigenvalue weighted by molar-refractivity contribution is 5.86. The van der Waals surface area contributed by atoms with Gasteiger partial charge in [-0.1, -0.05) is 42.5 Å². The Morgan fingerprint density at radius 1 is 1.09 bits per heavy atom. The normalized spacial score (nSPS) is 18.0. The number of hydrogen-bond acceptors (Lipinski definition) is 4. The minimum absolute atomic E-state index is 0.0892. The zero-order valence-corrected chi connectivity index (χ0v) is 18.0. The SMILES string of the molecule is Cc1c[nH]c2nccc(Oc3ccc([C@H]4CNC[C@@H]4C(=O)NCc4ccccc4)cc3)c12. The van der Waals surface area contributed by atoms with Crippen molar-refractivity contribution in [1.82, 2.24) is 20.6 Å². The third-order valence-corrected chi connectivity index (χ3v) is 6.13. The largest absolute Gasteiger partial charge is 0.457 e. The van der Waals surface area contributed by atoms with E-state index in [1.54, 1.807) is 6.20 Å². The molecule has 0 spiro atoms. The van der Waals surface area contributed by atoms with E-state index in [0.717, 1.165) is 45.8 Å². The Hall–Kier alpha value is -3.64. The molecular weight excluding hydrogens is 400 g/mol. The highest BCUT2D eigenvalue weighted by atomic mass is 16.5. The summed E-state index contributed by atoms with van der Waals surface area (Å²) >= 11 is 0. The molecule has 1 saturated heterocycles. The van der Waals surface area contributed by atoms with Crippen molar-refractivity contribution >= 4 is 16.9 Å². The van der Waals surface area contributed by atoms with Crippen molar-refractivity contribution in [3.63, 3.8) is 0 Å². The fourth-order valence-electron chi connectivity index (χ4n) is 4.40. The van der Waals surface area contributed by atoms with Crippen LogP contribution in [0.1, 0.15) is 22.6 Å². The third kappa shape index (κ3) is 4.09. The second kappa shape index (κ2) is 8.85. The maximum atomic E-state index is 12.9. The van der Waals surface area contributed by atoms with Gasteiger partial charge < -0.3 is 20.4 Å². The first-order valence-corrected chi connectivity index (χ1v) is 10.9. The maximum Gasteiger partial charge on any atom is 0.225 e. The lowest BCUT2D eigenvalue weighted by molar-refractivity contribution is -0.125. The molecule has 6 heteroatoms. The van der Waals surface area contributed by atoms with Gasteiger partial charge in [-0.3, -0.25) is 4.79 Å². The monoisotopic (exact) mass is 426 g/mol. The number of carbonyl (C=O) groups excluding carboxylic acids is 1. The number of H-pyrrole nitrogens is 1. The van der Waals surface area contributed by atoms with Crippen molar-refractivity contribution in [2.24, 2.45) is 5.92 Å². The van der Waals surface area contributed by atoms with Crippen LogP contribution in [0.3, 0.4) is 0 Å². The summed E-state index contributed by atoms with van der Waals surface area (Å²) in [5.74, 6) is 1.68. The van der Waals surface area contributed by atoms with Gasteiger partial charge in [0.15, 0.2) is 0 Å². The molecule has 162 valence electrons. The van der Waals surface area contributed by atoms with Crippen molar-refractivity contribution in [3.8, 4) is 11.5 Å². The molecule has 2 aromatic carbocycles. The summed E-state index contributed by atoms with van der Waals surface area (Å²) in [4.78, 5) is 20.4. The lowest BCUT2D eigenvalue weighted by atomic mass is 9.88. The Morgan fingerprint density at radius 2 is 1.91 bits per heavy atom. The molecule has 0 radical (unpaired) electrons. The highest BCUT2D eigenvalue weighted by Crippen LogP contribution is 2.33. The molecule has 1 aliphatic heterocycles. The molecule has 32 heavy (non-hydrogen) atoms. The van der Waals surface area contributed by atoms with Gasteiger partial charge in [-0.2, -0.15) is 0 Å². The van der Waals surface area contributed by atoms with E-state index in [1.807, 2.05) is 61.7 Å². The van der Waals surface area contributed by atoms with Crippen molar-refractivity contribution in [2.75, 3.05) is 13.1 Å². The number of rotatable bonds is 6. The molecule has 2 aromatic heterocycles. The minimum atomic E-state index is -0.0900. The maximum absolute atomic E-state index is 12.9. The summed E-state index contributed by atoms with van der Waals surface area (Å²) in [6.45, 7) is 4.06. The second-order valence-electron chi connectivity index (χ2n) is 8.25. The highest BCUT2D eigenvalue weighted by Gasteiger charge is 2.33.